The molecule has 0 aliphatic carbocycles. The molecule has 222 valence electrons. The molecule has 2 N–H and O–H groups in total. The van der Waals surface area contributed by atoms with Gasteiger partial charge in [0.15, 0.2) is 0 Å². The summed E-state index contributed by atoms with van der Waals surface area (Å²) in [7, 11) is 2.08. The maximum atomic E-state index is 13.2. The largest absolute Gasteiger partial charge is 0.463 e. The molecule has 0 aromatic heterocycles. The van der Waals surface area contributed by atoms with Gasteiger partial charge in [-0.1, -0.05) is 65.1 Å². The highest BCUT2D eigenvalue weighted by atomic mass is 35.5. The Hall–Kier alpha value is -3.14. The summed E-state index contributed by atoms with van der Waals surface area (Å²) < 4.78 is 5.63. The number of carbonyl (C=O) groups is 3. The van der Waals surface area contributed by atoms with Gasteiger partial charge in [0, 0.05) is 44.8 Å². The van der Waals surface area contributed by atoms with Gasteiger partial charge in [-0.25, -0.2) is 4.79 Å². The van der Waals surface area contributed by atoms with Crippen molar-refractivity contribution >= 4 is 58.3 Å². The lowest BCUT2D eigenvalue weighted by Gasteiger charge is -2.32. The Morgan fingerprint density at radius 3 is 2.05 bits per heavy atom. The number of benzene rings is 3. The van der Waals surface area contributed by atoms with Crippen molar-refractivity contribution in [3.63, 3.8) is 0 Å². The molecule has 8 nitrogen and oxygen atoms in total. The van der Waals surface area contributed by atoms with Gasteiger partial charge in [0.1, 0.15) is 12.6 Å². The van der Waals surface area contributed by atoms with Crippen molar-refractivity contribution < 1.29 is 19.1 Å². The van der Waals surface area contributed by atoms with Crippen LogP contribution in [0.3, 0.4) is 0 Å². The molecule has 1 aliphatic heterocycles. The minimum Gasteiger partial charge on any atom is -0.463 e. The van der Waals surface area contributed by atoms with E-state index in [1.165, 1.54) is 0 Å². The third-order valence-electron chi connectivity index (χ3n) is 7.13. The highest BCUT2D eigenvalue weighted by Gasteiger charge is 2.26. The van der Waals surface area contributed by atoms with Gasteiger partial charge < -0.3 is 20.3 Å². The molecule has 3 aromatic carbocycles. The molecule has 2 amide bonds. The second-order valence-electron chi connectivity index (χ2n) is 10.2. The lowest BCUT2D eigenvalue weighted by Crippen LogP contribution is -2.47. The van der Waals surface area contributed by atoms with Crippen molar-refractivity contribution in [1.29, 1.82) is 0 Å². The van der Waals surface area contributed by atoms with Crippen LogP contribution < -0.4 is 10.6 Å². The molecule has 4 rings (SSSR count). The minimum atomic E-state index is -0.956. The molecule has 1 aliphatic rings. The number of hydrogen-bond donors (Lipinski definition) is 2. The van der Waals surface area contributed by atoms with Gasteiger partial charge in [-0.2, -0.15) is 0 Å². The average molecular weight is 632 g/mol. The van der Waals surface area contributed by atoms with E-state index in [0.29, 0.717) is 28.4 Å². The number of esters is 1. The van der Waals surface area contributed by atoms with E-state index in [1.807, 2.05) is 0 Å². The first-order valence-electron chi connectivity index (χ1n) is 13.6. The van der Waals surface area contributed by atoms with Crippen molar-refractivity contribution in [2.45, 2.75) is 19.4 Å². The Kier molecular flexibility index (Phi) is 11.2. The molecule has 1 fully saturated rings. The molecule has 1 heterocycles. The molecule has 1 atom stereocenters. The molecule has 3 aromatic rings. The average Bonchev–Trinajstić information content (AvgIpc) is 2.94. The van der Waals surface area contributed by atoms with Crippen molar-refractivity contribution in [2.75, 3.05) is 51.7 Å². The monoisotopic (exact) mass is 630 g/mol. The first-order chi connectivity index (χ1) is 20.1. The predicted octanol–water partition coefficient (Wildman–Crippen LogP) is 5.34. The minimum absolute atomic E-state index is 0.174. The number of nitrogens with one attached hydrogen (secondary N) is 2. The van der Waals surface area contributed by atoms with Crippen LogP contribution >= 0.6 is 34.8 Å². The number of amides is 2. The number of hydrogen-bond acceptors (Lipinski definition) is 6. The van der Waals surface area contributed by atoms with Crippen LogP contribution in [0.5, 0.6) is 0 Å². The van der Waals surface area contributed by atoms with E-state index in [1.54, 1.807) is 67.6 Å². The number of halogens is 3. The fourth-order valence-corrected chi connectivity index (χ4v) is 5.54. The van der Waals surface area contributed by atoms with Gasteiger partial charge in [-0.3, -0.25) is 14.5 Å². The van der Waals surface area contributed by atoms with Gasteiger partial charge in [0.25, 0.3) is 11.8 Å². The Morgan fingerprint density at radius 1 is 0.833 bits per heavy atom. The highest BCUT2D eigenvalue weighted by molar-refractivity contribution is 6.40. The van der Waals surface area contributed by atoms with Crippen molar-refractivity contribution in [3.05, 3.63) is 98.0 Å². The third kappa shape index (κ3) is 8.46. The van der Waals surface area contributed by atoms with Crippen molar-refractivity contribution in [3.8, 4) is 0 Å². The molecule has 0 bridgehead atoms. The zero-order valence-electron chi connectivity index (χ0n) is 23.5. The van der Waals surface area contributed by atoms with Crippen LogP contribution in [-0.2, 0) is 16.0 Å². The maximum Gasteiger partial charge on any atom is 0.329 e. The summed E-state index contributed by atoms with van der Waals surface area (Å²) in [5, 5.41) is 6.39. The molecule has 11 heteroatoms. The second-order valence-corrected chi connectivity index (χ2v) is 11.4. The van der Waals surface area contributed by atoms with Crippen LogP contribution in [-0.4, -0.2) is 80.0 Å². The van der Waals surface area contributed by atoms with Crippen molar-refractivity contribution in [1.82, 2.24) is 15.1 Å². The summed E-state index contributed by atoms with van der Waals surface area (Å²) in [5.41, 5.74) is 2.45. The Morgan fingerprint density at radius 2 is 1.43 bits per heavy atom. The molecular formula is C31H33Cl3N4O4. The van der Waals surface area contributed by atoms with E-state index in [0.717, 1.165) is 31.7 Å². The van der Waals surface area contributed by atoms with E-state index in [9.17, 15) is 14.4 Å². The molecular weight excluding hydrogens is 599 g/mol. The number of ether oxygens (including phenoxy) is 1. The van der Waals surface area contributed by atoms with Gasteiger partial charge in [-0.15, -0.1) is 0 Å². The first kappa shape index (κ1) is 31.8. The normalized spacial score (nSPS) is 14.7. The Labute approximate surface area is 260 Å². The van der Waals surface area contributed by atoms with Crippen molar-refractivity contribution in [2.24, 2.45) is 0 Å². The molecule has 0 radical (unpaired) electrons. The van der Waals surface area contributed by atoms with Crippen LogP contribution in [0.25, 0.3) is 0 Å². The second kappa shape index (κ2) is 14.8. The zero-order valence-corrected chi connectivity index (χ0v) is 25.7. The first-order valence-corrected chi connectivity index (χ1v) is 14.7. The van der Waals surface area contributed by atoms with E-state index in [4.69, 9.17) is 39.5 Å². The van der Waals surface area contributed by atoms with E-state index in [-0.39, 0.29) is 28.6 Å². The van der Waals surface area contributed by atoms with Gasteiger partial charge in [0.05, 0.1) is 26.2 Å². The number of piperazine rings is 1. The summed E-state index contributed by atoms with van der Waals surface area (Å²) in [6.07, 6.45) is 0.174. The summed E-state index contributed by atoms with van der Waals surface area (Å²) in [6, 6.07) is 16.0. The van der Waals surface area contributed by atoms with Gasteiger partial charge >= 0.3 is 5.97 Å². The van der Waals surface area contributed by atoms with Crippen LogP contribution in [0, 0.1) is 6.92 Å². The third-order valence-corrected chi connectivity index (χ3v) is 8.07. The maximum absolute atomic E-state index is 13.2. The number of nitrogens with zero attached hydrogens (tertiary/aromatic N) is 2. The lowest BCUT2D eigenvalue weighted by atomic mass is 10.0. The van der Waals surface area contributed by atoms with Gasteiger partial charge in [0.2, 0.25) is 0 Å². The van der Waals surface area contributed by atoms with Crippen LogP contribution in [0.15, 0.2) is 60.7 Å². The summed E-state index contributed by atoms with van der Waals surface area (Å²) in [6.45, 7) is 6.37. The van der Waals surface area contributed by atoms with Crippen LogP contribution in [0.2, 0.25) is 15.1 Å². The number of rotatable bonds is 10. The van der Waals surface area contributed by atoms with E-state index >= 15 is 0 Å². The molecule has 0 saturated carbocycles. The zero-order chi connectivity index (χ0) is 30.2. The lowest BCUT2D eigenvalue weighted by molar-refractivity contribution is -0.146. The number of carbonyl (C=O) groups excluding carboxylic acids is 3. The fourth-order valence-electron chi connectivity index (χ4n) is 4.66. The topological polar surface area (TPSA) is 91.0 Å². The molecule has 42 heavy (non-hydrogen) atoms. The SMILES string of the molecule is Cc1cccc(Cl)c1C(=O)NC(Cc1ccc(NC(=O)c2c(Cl)cccc2Cl)cc1)C(=O)OCCN1CCN(C)CC1. The smallest absolute Gasteiger partial charge is 0.329 e. The Balaban J connectivity index is 1.44. The Bertz CT molecular complexity index is 1390. The number of anilines is 1. The highest BCUT2D eigenvalue weighted by Crippen LogP contribution is 2.25. The molecule has 1 unspecified atom stereocenters. The summed E-state index contributed by atoms with van der Waals surface area (Å²) in [4.78, 5) is 43.7. The predicted molar refractivity (Wildman–Crippen MR) is 167 cm³/mol. The number of aryl methyl sites for hydroxylation is 1. The fraction of sp³-hybridized carbons (Fsp3) is 0.323. The van der Waals surface area contributed by atoms with E-state index in [2.05, 4.69) is 27.5 Å². The quantitative estimate of drug-likeness (QED) is 0.294. The standard InChI is InChI=1S/C31H33Cl3N4O4/c1-20-5-3-6-23(32)27(20)29(39)36-26(31(41)42-18-17-38-15-13-37(2)14-16-38)19-21-9-11-22(12-10-21)35-30(40)28-24(33)7-4-8-25(28)34/h3-12,26H,13-19H2,1-2H3,(H,35,40)(H,36,39). The summed E-state index contributed by atoms with van der Waals surface area (Å²) >= 11 is 18.6. The van der Waals surface area contributed by atoms with E-state index < -0.39 is 23.8 Å². The summed E-state index contributed by atoms with van der Waals surface area (Å²) in [5.74, 6) is -1.44. The van der Waals surface area contributed by atoms with Gasteiger partial charge in [-0.05, 0) is 55.4 Å². The molecule has 1 saturated heterocycles. The number of likely N-dealkylation sites (N-methyl/N-ethyl adjacent to an activating group) is 1. The van der Waals surface area contributed by atoms with Crippen LogP contribution in [0.4, 0.5) is 5.69 Å². The molecule has 0 spiro atoms. The van der Waals surface area contributed by atoms with Crippen LogP contribution in [0.1, 0.15) is 31.8 Å².